The molecule has 0 fully saturated rings. The fourth-order valence-electron chi connectivity index (χ4n) is 3.57. The summed E-state index contributed by atoms with van der Waals surface area (Å²) < 4.78 is 12.8. The average molecular weight is 422 g/mol. The Bertz CT molecular complexity index is 849. The SMILES string of the molecule is CCCCCCOC1=C(OCc2ccccc2)C(c2ccccc2)=NN(CC)N1CC. The van der Waals surface area contributed by atoms with Gasteiger partial charge in [0, 0.05) is 12.1 Å². The molecular formula is C26H35N3O2. The van der Waals surface area contributed by atoms with E-state index in [-0.39, 0.29) is 0 Å². The van der Waals surface area contributed by atoms with E-state index in [1.807, 2.05) is 41.5 Å². The largest absolute Gasteiger partial charge is 0.481 e. The second-order valence-electron chi connectivity index (χ2n) is 7.54. The van der Waals surface area contributed by atoms with Gasteiger partial charge in [-0.3, -0.25) is 0 Å². The van der Waals surface area contributed by atoms with E-state index in [9.17, 15) is 0 Å². The molecule has 5 heteroatoms. The zero-order valence-electron chi connectivity index (χ0n) is 19.1. The summed E-state index contributed by atoms with van der Waals surface area (Å²) in [7, 11) is 0. The molecule has 0 radical (unpaired) electrons. The lowest BCUT2D eigenvalue weighted by molar-refractivity contribution is -0.0583. The minimum atomic E-state index is 0.467. The normalized spacial score (nSPS) is 14.0. The van der Waals surface area contributed by atoms with Crippen LogP contribution in [0.4, 0.5) is 0 Å². The van der Waals surface area contributed by atoms with Crippen molar-refractivity contribution in [2.75, 3.05) is 19.7 Å². The van der Waals surface area contributed by atoms with Gasteiger partial charge in [-0.1, -0.05) is 86.8 Å². The Morgan fingerprint density at radius 2 is 1.48 bits per heavy atom. The second-order valence-corrected chi connectivity index (χ2v) is 7.54. The molecule has 2 aromatic rings. The molecule has 0 unspecified atom stereocenters. The highest BCUT2D eigenvalue weighted by Crippen LogP contribution is 2.27. The number of unbranched alkanes of at least 4 members (excludes halogenated alkanes) is 3. The summed E-state index contributed by atoms with van der Waals surface area (Å²) in [5.74, 6) is 1.46. The molecule has 3 rings (SSSR count). The molecule has 2 aromatic carbocycles. The van der Waals surface area contributed by atoms with Gasteiger partial charge in [0.05, 0.1) is 13.2 Å². The monoisotopic (exact) mass is 421 g/mol. The van der Waals surface area contributed by atoms with Crippen molar-refractivity contribution in [1.29, 1.82) is 0 Å². The minimum absolute atomic E-state index is 0.467. The standard InChI is InChI=1S/C26H35N3O2/c1-4-7-8-15-20-30-26-25(31-21-22-16-11-9-12-17-22)24(23-18-13-10-14-19-23)27-29(6-3)28(26)5-2/h9-14,16-19H,4-8,15,20-21H2,1-3H3. The van der Waals surface area contributed by atoms with Crippen LogP contribution >= 0.6 is 0 Å². The zero-order valence-corrected chi connectivity index (χ0v) is 19.1. The van der Waals surface area contributed by atoms with Crippen molar-refractivity contribution in [1.82, 2.24) is 10.1 Å². The molecule has 5 nitrogen and oxygen atoms in total. The van der Waals surface area contributed by atoms with Gasteiger partial charge in [0.25, 0.3) is 5.88 Å². The Labute approximate surface area is 186 Å². The van der Waals surface area contributed by atoms with Gasteiger partial charge in [0.2, 0.25) is 5.76 Å². The maximum Gasteiger partial charge on any atom is 0.256 e. The first kappa shape index (κ1) is 22.7. The van der Waals surface area contributed by atoms with Crippen LogP contribution in [-0.4, -0.2) is 35.5 Å². The van der Waals surface area contributed by atoms with Gasteiger partial charge in [0.15, 0.2) is 0 Å². The van der Waals surface area contributed by atoms with Crippen LogP contribution in [0.2, 0.25) is 0 Å². The predicted octanol–water partition coefficient (Wildman–Crippen LogP) is 5.95. The van der Waals surface area contributed by atoms with Crippen LogP contribution in [0.25, 0.3) is 0 Å². The number of hydrazone groups is 1. The third-order valence-corrected chi connectivity index (χ3v) is 5.23. The van der Waals surface area contributed by atoms with Gasteiger partial charge >= 0.3 is 0 Å². The molecule has 166 valence electrons. The van der Waals surface area contributed by atoms with Crippen molar-refractivity contribution >= 4 is 5.71 Å². The molecule has 0 spiro atoms. The fraction of sp³-hybridized carbons (Fsp3) is 0.423. The van der Waals surface area contributed by atoms with Gasteiger partial charge in [-0.05, 0) is 25.8 Å². The van der Waals surface area contributed by atoms with E-state index >= 15 is 0 Å². The third-order valence-electron chi connectivity index (χ3n) is 5.23. The van der Waals surface area contributed by atoms with Gasteiger partial charge in [0.1, 0.15) is 12.3 Å². The maximum atomic E-state index is 6.41. The van der Waals surface area contributed by atoms with Crippen LogP contribution in [0.5, 0.6) is 0 Å². The number of hydrogen-bond acceptors (Lipinski definition) is 5. The van der Waals surface area contributed by atoms with Crippen molar-refractivity contribution in [3.63, 3.8) is 0 Å². The van der Waals surface area contributed by atoms with Crippen LogP contribution in [0.3, 0.4) is 0 Å². The Hall–Kier alpha value is -2.95. The molecule has 0 saturated carbocycles. The van der Waals surface area contributed by atoms with E-state index in [0.717, 1.165) is 42.2 Å². The van der Waals surface area contributed by atoms with E-state index in [1.165, 1.54) is 19.3 Å². The van der Waals surface area contributed by atoms with Crippen molar-refractivity contribution in [2.45, 2.75) is 53.1 Å². The maximum absolute atomic E-state index is 6.41. The number of rotatable bonds is 12. The summed E-state index contributed by atoms with van der Waals surface area (Å²) in [6, 6.07) is 20.4. The first-order chi connectivity index (χ1) is 15.3. The molecule has 1 aliphatic rings. The molecular weight excluding hydrogens is 386 g/mol. The summed E-state index contributed by atoms with van der Waals surface area (Å²) in [5, 5.41) is 8.98. The van der Waals surface area contributed by atoms with Crippen molar-refractivity contribution in [3.05, 3.63) is 83.4 Å². The Morgan fingerprint density at radius 3 is 2.13 bits per heavy atom. The predicted molar refractivity (Wildman–Crippen MR) is 126 cm³/mol. The first-order valence-corrected chi connectivity index (χ1v) is 11.5. The topological polar surface area (TPSA) is 37.3 Å². The van der Waals surface area contributed by atoms with Crippen LogP contribution in [0.1, 0.15) is 57.6 Å². The smallest absolute Gasteiger partial charge is 0.256 e. The molecule has 0 atom stereocenters. The molecule has 0 aromatic heterocycles. The van der Waals surface area contributed by atoms with Crippen molar-refractivity contribution in [2.24, 2.45) is 5.10 Å². The highest BCUT2D eigenvalue weighted by Gasteiger charge is 2.31. The van der Waals surface area contributed by atoms with Crippen LogP contribution in [0, 0.1) is 0 Å². The van der Waals surface area contributed by atoms with Gasteiger partial charge < -0.3 is 9.47 Å². The van der Waals surface area contributed by atoms with E-state index < -0.39 is 0 Å². The second kappa shape index (κ2) is 12.0. The van der Waals surface area contributed by atoms with Crippen LogP contribution in [0.15, 0.2) is 77.4 Å². The number of hydrogen-bond donors (Lipinski definition) is 0. The molecule has 1 heterocycles. The molecule has 0 amide bonds. The van der Waals surface area contributed by atoms with Gasteiger partial charge in [-0.25, -0.2) is 10.1 Å². The van der Waals surface area contributed by atoms with E-state index in [2.05, 4.69) is 50.0 Å². The van der Waals surface area contributed by atoms with Crippen molar-refractivity contribution in [3.8, 4) is 0 Å². The molecule has 1 aliphatic heterocycles. The van der Waals surface area contributed by atoms with E-state index in [0.29, 0.717) is 19.0 Å². The summed E-state index contributed by atoms with van der Waals surface area (Å²) >= 11 is 0. The quantitative estimate of drug-likeness (QED) is 0.397. The highest BCUT2D eigenvalue weighted by molar-refractivity contribution is 6.11. The lowest BCUT2D eigenvalue weighted by Gasteiger charge is -2.38. The first-order valence-electron chi connectivity index (χ1n) is 11.5. The average Bonchev–Trinajstić information content (AvgIpc) is 2.83. The minimum Gasteiger partial charge on any atom is -0.481 e. The number of benzene rings is 2. The van der Waals surface area contributed by atoms with E-state index in [4.69, 9.17) is 14.6 Å². The molecule has 31 heavy (non-hydrogen) atoms. The number of ether oxygens (including phenoxy) is 2. The molecule has 0 aliphatic carbocycles. The zero-order chi connectivity index (χ0) is 21.9. The lowest BCUT2D eigenvalue weighted by atomic mass is 10.1. The fourth-order valence-corrected chi connectivity index (χ4v) is 3.57. The molecule has 0 saturated heterocycles. The summed E-state index contributed by atoms with van der Waals surface area (Å²) in [5.41, 5.74) is 2.95. The Kier molecular flexibility index (Phi) is 8.83. The summed E-state index contributed by atoms with van der Waals surface area (Å²) in [4.78, 5) is 0. The Balaban J connectivity index is 1.94. The Morgan fingerprint density at radius 1 is 0.774 bits per heavy atom. The van der Waals surface area contributed by atoms with Gasteiger partial charge in [-0.15, -0.1) is 0 Å². The van der Waals surface area contributed by atoms with E-state index in [1.54, 1.807) is 0 Å². The van der Waals surface area contributed by atoms with Gasteiger partial charge in [-0.2, -0.15) is 5.10 Å². The number of allylic oxidation sites excluding steroid dienone is 1. The lowest BCUT2D eigenvalue weighted by Crippen LogP contribution is -2.44. The number of hydrazine groups is 1. The number of nitrogens with zero attached hydrogens (tertiary/aromatic N) is 3. The third kappa shape index (κ3) is 6.03. The molecule has 0 bridgehead atoms. The highest BCUT2D eigenvalue weighted by atomic mass is 16.5. The van der Waals surface area contributed by atoms with Crippen LogP contribution in [-0.2, 0) is 16.1 Å². The summed E-state index contributed by atoms with van der Waals surface area (Å²) in [6.07, 6.45) is 4.65. The summed E-state index contributed by atoms with van der Waals surface area (Å²) in [6.45, 7) is 9.07. The van der Waals surface area contributed by atoms with Crippen LogP contribution < -0.4 is 0 Å². The molecule has 0 N–H and O–H groups in total. The van der Waals surface area contributed by atoms with Crippen molar-refractivity contribution < 1.29 is 9.47 Å².